The summed E-state index contributed by atoms with van der Waals surface area (Å²) in [6.45, 7) is 0.476. The molecule has 7 heteroatoms. The highest BCUT2D eigenvalue weighted by Crippen LogP contribution is 2.29. The first kappa shape index (κ1) is 16.8. The van der Waals surface area contributed by atoms with Crippen LogP contribution in [0.25, 0.3) is 0 Å². The van der Waals surface area contributed by atoms with Crippen LogP contribution in [0, 0.1) is 0 Å². The SMILES string of the molecule is O=C1CC(S(=O)(=O)Cl)CN1c1cccc(OCc2ccccc2)c1. The Bertz CT molecular complexity index is 839. The molecule has 1 unspecified atom stereocenters. The van der Waals surface area contributed by atoms with Crippen LogP contribution >= 0.6 is 10.7 Å². The number of hydrogen-bond acceptors (Lipinski definition) is 4. The van der Waals surface area contributed by atoms with Gasteiger partial charge in [-0.1, -0.05) is 36.4 Å². The normalized spacial score (nSPS) is 18.0. The van der Waals surface area contributed by atoms with Crippen LogP contribution in [0.2, 0.25) is 0 Å². The van der Waals surface area contributed by atoms with E-state index < -0.39 is 14.3 Å². The van der Waals surface area contributed by atoms with Gasteiger partial charge in [-0.2, -0.15) is 0 Å². The maximum absolute atomic E-state index is 12.1. The number of benzene rings is 2. The van der Waals surface area contributed by atoms with Gasteiger partial charge in [0.1, 0.15) is 17.6 Å². The second kappa shape index (κ2) is 6.83. The molecule has 0 bridgehead atoms. The fourth-order valence-electron chi connectivity index (χ4n) is 2.60. The molecule has 24 heavy (non-hydrogen) atoms. The number of rotatable bonds is 5. The van der Waals surface area contributed by atoms with E-state index in [1.807, 2.05) is 30.3 Å². The van der Waals surface area contributed by atoms with Gasteiger partial charge in [0.05, 0.1) is 0 Å². The second-order valence-corrected chi connectivity index (χ2v) is 8.49. The summed E-state index contributed by atoms with van der Waals surface area (Å²) in [5.74, 6) is 0.353. The number of hydrogen-bond donors (Lipinski definition) is 0. The highest BCUT2D eigenvalue weighted by molar-refractivity contribution is 8.14. The van der Waals surface area contributed by atoms with E-state index in [-0.39, 0.29) is 18.9 Å². The molecule has 0 aliphatic carbocycles. The van der Waals surface area contributed by atoms with Crippen molar-refractivity contribution in [1.29, 1.82) is 0 Å². The molecule has 0 spiro atoms. The first-order chi connectivity index (χ1) is 11.4. The van der Waals surface area contributed by atoms with Gasteiger partial charge >= 0.3 is 0 Å². The van der Waals surface area contributed by atoms with Crippen molar-refractivity contribution >= 4 is 31.3 Å². The van der Waals surface area contributed by atoms with Crippen LogP contribution in [-0.2, 0) is 20.5 Å². The predicted molar refractivity (Wildman–Crippen MR) is 92.7 cm³/mol. The number of nitrogens with zero attached hydrogens (tertiary/aromatic N) is 1. The van der Waals surface area contributed by atoms with Gasteiger partial charge in [-0.05, 0) is 17.7 Å². The van der Waals surface area contributed by atoms with E-state index in [0.717, 1.165) is 5.56 Å². The molecule has 2 aromatic carbocycles. The molecule has 0 aromatic heterocycles. The highest BCUT2D eigenvalue weighted by Gasteiger charge is 2.38. The van der Waals surface area contributed by atoms with Gasteiger partial charge in [-0.3, -0.25) is 4.79 Å². The molecule has 1 heterocycles. The monoisotopic (exact) mass is 365 g/mol. The minimum atomic E-state index is -3.75. The van der Waals surface area contributed by atoms with E-state index in [1.165, 1.54) is 4.90 Å². The number of ether oxygens (including phenoxy) is 1. The van der Waals surface area contributed by atoms with Crippen molar-refractivity contribution in [3.05, 3.63) is 60.2 Å². The van der Waals surface area contributed by atoms with Gasteiger partial charge in [0.15, 0.2) is 0 Å². The Balaban J connectivity index is 1.72. The van der Waals surface area contributed by atoms with E-state index in [0.29, 0.717) is 18.0 Å². The highest BCUT2D eigenvalue weighted by atomic mass is 35.7. The van der Waals surface area contributed by atoms with E-state index >= 15 is 0 Å². The molecule has 1 aliphatic rings. The Hall–Kier alpha value is -2.05. The van der Waals surface area contributed by atoms with Crippen LogP contribution in [0.1, 0.15) is 12.0 Å². The Morgan fingerprint density at radius 3 is 2.54 bits per heavy atom. The maximum atomic E-state index is 12.1. The Morgan fingerprint density at radius 1 is 1.12 bits per heavy atom. The molecular weight excluding hydrogens is 350 g/mol. The minimum absolute atomic E-state index is 0.0623. The molecule has 0 saturated carbocycles. The van der Waals surface area contributed by atoms with E-state index in [1.54, 1.807) is 24.3 Å². The average molecular weight is 366 g/mol. The molecule has 126 valence electrons. The Labute approximate surface area is 145 Å². The van der Waals surface area contributed by atoms with Gasteiger partial charge in [0.25, 0.3) is 0 Å². The Morgan fingerprint density at radius 2 is 1.88 bits per heavy atom. The van der Waals surface area contributed by atoms with Crippen LogP contribution in [0.15, 0.2) is 54.6 Å². The molecule has 1 atom stereocenters. The lowest BCUT2D eigenvalue weighted by atomic mass is 10.2. The second-order valence-electron chi connectivity index (χ2n) is 5.58. The number of amides is 1. The lowest BCUT2D eigenvalue weighted by Gasteiger charge is -2.17. The molecule has 3 rings (SSSR count). The fourth-order valence-corrected chi connectivity index (χ4v) is 3.62. The fraction of sp³-hybridized carbons (Fsp3) is 0.235. The van der Waals surface area contributed by atoms with Crippen molar-refractivity contribution in [3.8, 4) is 5.75 Å². The van der Waals surface area contributed by atoms with Crippen LogP contribution in [0.3, 0.4) is 0 Å². The third-order valence-electron chi connectivity index (χ3n) is 3.87. The number of halogens is 1. The van der Waals surface area contributed by atoms with Gasteiger partial charge in [-0.15, -0.1) is 0 Å². The molecular formula is C17H16ClNO4S. The average Bonchev–Trinajstić information content (AvgIpc) is 2.96. The third-order valence-corrected chi connectivity index (χ3v) is 5.73. The van der Waals surface area contributed by atoms with Crippen molar-refractivity contribution in [2.45, 2.75) is 18.3 Å². The summed E-state index contributed by atoms with van der Waals surface area (Å²) < 4.78 is 28.6. The lowest BCUT2D eigenvalue weighted by Crippen LogP contribution is -2.26. The predicted octanol–water partition coefficient (Wildman–Crippen LogP) is 2.94. The zero-order valence-electron chi connectivity index (χ0n) is 12.8. The first-order valence-corrected chi connectivity index (χ1v) is 9.81. The van der Waals surface area contributed by atoms with Gasteiger partial charge in [-0.25, -0.2) is 8.42 Å². The summed E-state index contributed by atoms with van der Waals surface area (Å²) in [5, 5.41) is -0.874. The smallest absolute Gasteiger partial charge is 0.237 e. The van der Waals surface area contributed by atoms with E-state index in [2.05, 4.69) is 0 Å². The summed E-state index contributed by atoms with van der Waals surface area (Å²) >= 11 is 0. The van der Waals surface area contributed by atoms with Crippen molar-refractivity contribution in [1.82, 2.24) is 0 Å². The van der Waals surface area contributed by atoms with Gasteiger partial charge in [0, 0.05) is 35.4 Å². The van der Waals surface area contributed by atoms with Crippen LogP contribution in [0.4, 0.5) is 5.69 Å². The molecule has 1 fully saturated rings. The molecule has 1 saturated heterocycles. The van der Waals surface area contributed by atoms with Gasteiger partial charge < -0.3 is 9.64 Å². The molecule has 0 radical (unpaired) electrons. The number of carbonyl (C=O) groups excluding carboxylic acids is 1. The number of anilines is 1. The summed E-state index contributed by atoms with van der Waals surface area (Å²) in [5.41, 5.74) is 1.64. The molecule has 5 nitrogen and oxygen atoms in total. The first-order valence-electron chi connectivity index (χ1n) is 7.44. The zero-order valence-corrected chi connectivity index (χ0v) is 14.3. The van der Waals surface area contributed by atoms with Crippen molar-refractivity contribution in [2.24, 2.45) is 0 Å². The minimum Gasteiger partial charge on any atom is -0.489 e. The van der Waals surface area contributed by atoms with E-state index in [4.69, 9.17) is 15.4 Å². The topological polar surface area (TPSA) is 63.7 Å². The molecule has 0 N–H and O–H groups in total. The molecule has 1 aliphatic heterocycles. The quantitative estimate of drug-likeness (QED) is 0.764. The van der Waals surface area contributed by atoms with Crippen molar-refractivity contribution in [3.63, 3.8) is 0 Å². The zero-order chi connectivity index (χ0) is 17.2. The Kier molecular flexibility index (Phi) is 4.78. The van der Waals surface area contributed by atoms with E-state index in [9.17, 15) is 13.2 Å². The molecule has 1 amide bonds. The standard InChI is InChI=1S/C17H16ClNO4S/c18-24(21,22)16-10-17(20)19(11-16)14-7-4-8-15(9-14)23-12-13-5-2-1-3-6-13/h1-9,16H,10-12H2. The van der Waals surface area contributed by atoms with Crippen LogP contribution in [0.5, 0.6) is 5.75 Å². The summed E-state index contributed by atoms with van der Waals surface area (Å²) in [7, 11) is 1.62. The van der Waals surface area contributed by atoms with Crippen molar-refractivity contribution < 1.29 is 17.9 Å². The molecule has 2 aromatic rings. The van der Waals surface area contributed by atoms with Crippen LogP contribution < -0.4 is 9.64 Å². The van der Waals surface area contributed by atoms with Crippen molar-refractivity contribution in [2.75, 3.05) is 11.4 Å². The summed E-state index contributed by atoms with van der Waals surface area (Å²) in [6.07, 6.45) is -0.0963. The van der Waals surface area contributed by atoms with Crippen LogP contribution in [-0.4, -0.2) is 26.1 Å². The lowest BCUT2D eigenvalue weighted by molar-refractivity contribution is -0.117. The third kappa shape index (κ3) is 3.88. The summed E-state index contributed by atoms with van der Waals surface area (Å²) in [4.78, 5) is 13.5. The summed E-state index contributed by atoms with van der Waals surface area (Å²) in [6, 6.07) is 16.8. The van der Waals surface area contributed by atoms with Gasteiger partial charge in [0.2, 0.25) is 15.0 Å². The maximum Gasteiger partial charge on any atom is 0.237 e. The largest absolute Gasteiger partial charge is 0.489 e. The number of carbonyl (C=O) groups is 1.